The lowest BCUT2D eigenvalue weighted by Crippen LogP contribution is -2.37. The van der Waals surface area contributed by atoms with Gasteiger partial charge in [0, 0.05) is 49.1 Å². The molecule has 3 N–H and O–H groups in total. The van der Waals surface area contributed by atoms with Crippen LogP contribution in [0, 0.1) is 0 Å². The average molecular weight is 442 g/mol. The number of para-hydroxylation sites is 1. The number of hydrogen-bond donors (Lipinski definition) is 3. The fourth-order valence-corrected chi connectivity index (χ4v) is 4.79. The number of aromatic hydroxyl groups is 1. The molecule has 1 aliphatic carbocycles. The van der Waals surface area contributed by atoms with E-state index in [0.717, 1.165) is 58.7 Å². The molecule has 6 heteroatoms. The number of fused-ring (bicyclic) bond motifs is 2. The monoisotopic (exact) mass is 441 g/mol. The minimum absolute atomic E-state index is 0.369. The third-order valence-corrected chi connectivity index (χ3v) is 6.63. The number of phenolic OH excluding ortho intramolecular Hbond substituents is 1. The van der Waals surface area contributed by atoms with Gasteiger partial charge < -0.3 is 20.6 Å². The van der Waals surface area contributed by atoms with Crippen molar-refractivity contribution in [1.29, 1.82) is 0 Å². The zero-order valence-corrected chi connectivity index (χ0v) is 19.3. The Morgan fingerprint density at radius 1 is 0.848 bits per heavy atom. The highest BCUT2D eigenvalue weighted by Crippen LogP contribution is 2.30. The molecule has 6 nitrogen and oxygen atoms in total. The SMILES string of the molecule is CN(C)c1nc(NC2CCC(NCc3ccc4ccccc4c3O)CC2)nc2ccccc12. The van der Waals surface area contributed by atoms with Gasteiger partial charge >= 0.3 is 0 Å². The first-order chi connectivity index (χ1) is 16.1. The van der Waals surface area contributed by atoms with Gasteiger partial charge in [-0.2, -0.15) is 4.98 Å². The number of benzene rings is 3. The van der Waals surface area contributed by atoms with Gasteiger partial charge in [0.1, 0.15) is 11.6 Å². The summed E-state index contributed by atoms with van der Waals surface area (Å²) < 4.78 is 0. The maximum atomic E-state index is 10.7. The lowest BCUT2D eigenvalue weighted by atomic mass is 9.91. The third kappa shape index (κ3) is 4.57. The fourth-order valence-electron chi connectivity index (χ4n) is 4.79. The largest absolute Gasteiger partial charge is 0.507 e. The molecule has 0 spiro atoms. The highest BCUT2D eigenvalue weighted by molar-refractivity contribution is 5.90. The first-order valence-corrected chi connectivity index (χ1v) is 11.7. The number of phenols is 1. The molecule has 0 atom stereocenters. The van der Waals surface area contributed by atoms with Crippen LogP contribution < -0.4 is 15.5 Å². The van der Waals surface area contributed by atoms with Crippen molar-refractivity contribution < 1.29 is 5.11 Å². The summed E-state index contributed by atoms with van der Waals surface area (Å²) in [7, 11) is 4.03. The van der Waals surface area contributed by atoms with Crippen LogP contribution in [0.2, 0.25) is 0 Å². The van der Waals surface area contributed by atoms with Crippen LogP contribution in [0.25, 0.3) is 21.7 Å². The highest BCUT2D eigenvalue weighted by atomic mass is 16.3. The van der Waals surface area contributed by atoms with Crippen LogP contribution in [-0.2, 0) is 6.54 Å². The van der Waals surface area contributed by atoms with Gasteiger partial charge in [0.05, 0.1) is 5.52 Å². The molecule has 0 bridgehead atoms. The Bertz CT molecular complexity index is 1260. The Morgan fingerprint density at radius 2 is 1.55 bits per heavy atom. The first-order valence-electron chi connectivity index (χ1n) is 11.7. The van der Waals surface area contributed by atoms with E-state index in [4.69, 9.17) is 9.97 Å². The minimum Gasteiger partial charge on any atom is -0.507 e. The molecular formula is C27H31N5O. The summed E-state index contributed by atoms with van der Waals surface area (Å²) >= 11 is 0. The van der Waals surface area contributed by atoms with Crippen molar-refractivity contribution in [1.82, 2.24) is 15.3 Å². The van der Waals surface area contributed by atoms with Crippen LogP contribution >= 0.6 is 0 Å². The molecule has 1 aromatic heterocycles. The number of anilines is 2. The topological polar surface area (TPSA) is 73.3 Å². The van der Waals surface area contributed by atoms with Crippen LogP contribution in [0.3, 0.4) is 0 Å². The van der Waals surface area contributed by atoms with Gasteiger partial charge in [0.2, 0.25) is 5.95 Å². The van der Waals surface area contributed by atoms with Gasteiger partial charge in [-0.3, -0.25) is 0 Å². The molecule has 0 aliphatic heterocycles. The number of nitrogens with zero attached hydrogens (tertiary/aromatic N) is 3. The Hall–Kier alpha value is -3.38. The van der Waals surface area contributed by atoms with E-state index in [1.54, 1.807) is 0 Å². The predicted molar refractivity (Wildman–Crippen MR) is 136 cm³/mol. The molecule has 0 radical (unpaired) electrons. The second kappa shape index (κ2) is 9.24. The summed E-state index contributed by atoms with van der Waals surface area (Å²) in [6, 6.07) is 21.0. The summed E-state index contributed by atoms with van der Waals surface area (Å²) in [5.74, 6) is 2.03. The molecule has 1 saturated carbocycles. The van der Waals surface area contributed by atoms with Crippen molar-refractivity contribution in [2.45, 2.75) is 44.3 Å². The lowest BCUT2D eigenvalue weighted by molar-refractivity contribution is 0.350. The van der Waals surface area contributed by atoms with Gasteiger partial charge in [0.25, 0.3) is 0 Å². The van der Waals surface area contributed by atoms with Gasteiger partial charge in [-0.15, -0.1) is 0 Å². The summed E-state index contributed by atoms with van der Waals surface area (Å²) in [4.78, 5) is 11.6. The maximum Gasteiger partial charge on any atom is 0.225 e. The summed E-state index contributed by atoms with van der Waals surface area (Å²) in [5.41, 5.74) is 1.92. The second-order valence-corrected chi connectivity index (χ2v) is 9.15. The van der Waals surface area contributed by atoms with Crippen molar-refractivity contribution in [2.24, 2.45) is 0 Å². The number of rotatable bonds is 6. The van der Waals surface area contributed by atoms with E-state index in [2.05, 4.69) is 22.8 Å². The Morgan fingerprint density at radius 3 is 2.33 bits per heavy atom. The van der Waals surface area contributed by atoms with Crippen LogP contribution in [0.1, 0.15) is 31.2 Å². The van der Waals surface area contributed by atoms with Crippen LogP contribution in [-0.4, -0.2) is 41.3 Å². The van der Waals surface area contributed by atoms with Crippen molar-refractivity contribution in [3.05, 3.63) is 66.2 Å². The molecule has 5 rings (SSSR count). The van der Waals surface area contributed by atoms with Crippen LogP contribution in [0.4, 0.5) is 11.8 Å². The zero-order valence-electron chi connectivity index (χ0n) is 19.3. The van der Waals surface area contributed by atoms with Crippen molar-refractivity contribution >= 4 is 33.4 Å². The van der Waals surface area contributed by atoms with Crippen molar-refractivity contribution in [2.75, 3.05) is 24.3 Å². The number of hydrogen-bond acceptors (Lipinski definition) is 6. The maximum absolute atomic E-state index is 10.7. The van der Waals surface area contributed by atoms with Crippen LogP contribution in [0.5, 0.6) is 5.75 Å². The quantitative estimate of drug-likeness (QED) is 0.388. The summed E-state index contributed by atoms with van der Waals surface area (Å²) in [5, 5.41) is 20.9. The van der Waals surface area contributed by atoms with E-state index in [0.29, 0.717) is 30.3 Å². The Kier molecular flexibility index (Phi) is 6.01. The Labute approximate surface area is 194 Å². The average Bonchev–Trinajstić information content (AvgIpc) is 2.84. The van der Waals surface area contributed by atoms with Gasteiger partial charge in [-0.1, -0.05) is 48.5 Å². The number of aromatic nitrogens is 2. The van der Waals surface area contributed by atoms with E-state index in [1.165, 1.54) is 0 Å². The molecule has 33 heavy (non-hydrogen) atoms. The lowest BCUT2D eigenvalue weighted by Gasteiger charge is -2.30. The van der Waals surface area contributed by atoms with Gasteiger partial charge in [-0.25, -0.2) is 4.98 Å². The second-order valence-electron chi connectivity index (χ2n) is 9.15. The molecule has 0 saturated heterocycles. The minimum atomic E-state index is 0.369. The smallest absolute Gasteiger partial charge is 0.225 e. The molecular weight excluding hydrogens is 410 g/mol. The molecule has 1 aliphatic rings. The molecule has 0 unspecified atom stereocenters. The van der Waals surface area contributed by atoms with E-state index in [9.17, 15) is 5.11 Å². The van der Waals surface area contributed by atoms with E-state index >= 15 is 0 Å². The van der Waals surface area contributed by atoms with Crippen molar-refractivity contribution in [3.8, 4) is 5.75 Å². The Balaban J connectivity index is 1.19. The third-order valence-electron chi connectivity index (χ3n) is 6.63. The molecule has 170 valence electrons. The zero-order chi connectivity index (χ0) is 22.8. The summed E-state index contributed by atoms with van der Waals surface area (Å²) in [6.07, 6.45) is 4.30. The molecule has 1 heterocycles. The van der Waals surface area contributed by atoms with Gasteiger partial charge in [0.15, 0.2) is 0 Å². The standard InChI is InChI=1S/C27H31N5O/c1-32(2)26-23-9-5-6-10-24(23)30-27(31-26)29-21-15-13-20(14-16-21)28-17-19-12-11-18-7-3-4-8-22(18)25(19)33/h3-12,20-21,28,33H,13-17H2,1-2H3,(H,29,30,31). The molecule has 3 aromatic carbocycles. The van der Waals surface area contributed by atoms with Gasteiger partial charge in [-0.05, 0) is 43.2 Å². The first kappa shape index (κ1) is 21.5. The fraction of sp³-hybridized carbons (Fsp3) is 0.333. The predicted octanol–water partition coefficient (Wildman–Crippen LogP) is 5.07. The molecule has 0 amide bonds. The van der Waals surface area contributed by atoms with E-state index in [1.807, 2.05) is 67.5 Å². The highest BCUT2D eigenvalue weighted by Gasteiger charge is 2.22. The van der Waals surface area contributed by atoms with Crippen molar-refractivity contribution in [3.63, 3.8) is 0 Å². The van der Waals surface area contributed by atoms with E-state index in [-0.39, 0.29) is 0 Å². The normalized spacial score (nSPS) is 18.5. The molecule has 4 aromatic rings. The van der Waals surface area contributed by atoms with E-state index < -0.39 is 0 Å². The number of nitrogens with one attached hydrogen (secondary N) is 2. The molecule has 1 fully saturated rings. The van der Waals surface area contributed by atoms with Crippen LogP contribution in [0.15, 0.2) is 60.7 Å². The summed E-state index contributed by atoms with van der Waals surface area (Å²) in [6.45, 7) is 0.680.